The summed E-state index contributed by atoms with van der Waals surface area (Å²) in [6.45, 7) is 10.3. The normalized spacial score (nSPS) is 19.0. The number of nitrogens with one attached hydrogen (secondary N) is 1. The molecule has 2 fully saturated rings. The molecule has 0 saturated carbocycles. The third-order valence-corrected chi connectivity index (χ3v) is 8.87. The van der Waals surface area contributed by atoms with Crippen LogP contribution in [0.1, 0.15) is 47.8 Å². The Morgan fingerprint density at radius 3 is 2.62 bits per heavy atom. The van der Waals surface area contributed by atoms with Crippen LogP contribution in [0.25, 0.3) is 22.4 Å². The molecule has 6 rings (SSSR count). The molecule has 3 atom stereocenters. The number of benzene rings is 2. The smallest absolute Gasteiger partial charge is 0.252 e. The van der Waals surface area contributed by atoms with E-state index in [1.54, 1.807) is 7.11 Å². The number of nitrogens with zero attached hydrogens (tertiary/aromatic N) is 6. The van der Waals surface area contributed by atoms with Crippen LogP contribution < -0.4 is 10.2 Å². The molecule has 1 N–H and O–H groups in total. The number of amides is 1. The number of ether oxygens (including phenoxy) is 1. The molecule has 9 heteroatoms. The maximum Gasteiger partial charge on any atom is 0.252 e. The van der Waals surface area contributed by atoms with Crippen LogP contribution in [0.3, 0.4) is 0 Å². The fraction of sp³-hybridized carbons (Fsp3) is 0.424. The van der Waals surface area contributed by atoms with E-state index < -0.39 is 0 Å². The number of hydrogen-bond donors (Lipinski definition) is 1. The van der Waals surface area contributed by atoms with Gasteiger partial charge in [-0.25, -0.2) is 0 Å². The molecule has 0 aliphatic carbocycles. The van der Waals surface area contributed by atoms with Gasteiger partial charge in [0.1, 0.15) is 0 Å². The number of aryl methyl sites for hydroxylation is 2. The summed E-state index contributed by atoms with van der Waals surface area (Å²) >= 11 is 0. The molecule has 2 aromatic carbocycles. The molecule has 4 aromatic rings. The molecule has 2 aliphatic rings. The van der Waals surface area contributed by atoms with E-state index in [1.807, 2.05) is 47.9 Å². The molecule has 0 spiro atoms. The van der Waals surface area contributed by atoms with E-state index >= 15 is 0 Å². The Hall–Kier alpha value is -3.95. The van der Waals surface area contributed by atoms with Gasteiger partial charge >= 0.3 is 0 Å². The van der Waals surface area contributed by atoms with Crippen molar-refractivity contribution < 1.29 is 9.53 Å². The first-order valence-electron chi connectivity index (χ1n) is 14.9. The Morgan fingerprint density at radius 1 is 1.07 bits per heavy atom. The summed E-state index contributed by atoms with van der Waals surface area (Å²) in [5.41, 5.74) is 7.82. The van der Waals surface area contributed by atoms with Gasteiger partial charge in [0.25, 0.3) is 5.91 Å². The Morgan fingerprint density at radius 2 is 1.90 bits per heavy atom. The summed E-state index contributed by atoms with van der Waals surface area (Å²) in [5, 5.41) is 12.6. The van der Waals surface area contributed by atoms with Crippen LogP contribution in [-0.2, 0) is 17.8 Å². The van der Waals surface area contributed by atoms with Crippen molar-refractivity contribution in [3.05, 3.63) is 77.7 Å². The summed E-state index contributed by atoms with van der Waals surface area (Å²) in [7, 11) is 3.90. The lowest BCUT2D eigenvalue weighted by molar-refractivity contribution is 0.0939. The first-order valence-corrected chi connectivity index (χ1v) is 14.9. The highest BCUT2D eigenvalue weighted by molar-refractivity contribution is 5.97. The number of anilines is 1. The standard InChI is InChI=1S/C33H41N7O2/c1-6-38-10-9-32(36-38)26-14-24(13-25(15-26)27-18-34-39(19-27)11-12-42-5)23(3)35-33(41)31-17-28(8-7-22(31)2)40-21-29-16-30(40)20-37(29)4/h7-10,13-15,17-19,23,29-30H,6,11-12,16,20-21H2,1-5H3,(H,35,41)/t23-,29-,30-/m1/s1. The molecular formula is C33H41N7O2. The first kappa shape index (κ1) is 28.2. The van der Waals surface area contributed by atoms with Crippen molar-refractivity contribution in [2.45, 2.75) is 58.4 Å². The summed E-state index contributed by atoms with van der Waals surface area (Å²) < 4.78 is 9.04. The molecule has 2 bridgehead atoms. The maximum absolute atomic E-state index is 13.7. The molecule has 9 nitrogen and oxygen atoms in total. The van der Waals surface area contributed by atoms with Crippen molar-refractivity contribution in [3.8, 4) is 22.4 Å². The topological polar surface area (TPSA) is 80.4 Å². The molecular weight excluding hydrogens is 526 g/mol. The number of carbonyl (C=O) groups excluding carboxylic acids is 1. The summed E-state index contributed by atoms with van der Waals surface area (Å²) in [6.07, 6.45) is 7.11. The van der Waals surface area contributed by atoms with Crippen LogP contribution in [0.15, 0.2) is 61.1 Å². The third kappa shape index (κ3) is 5.58. The predicted molar refractivity (Wildman–Crippen MR) is 166 cm³/mol. The van der Waals surface area contributed by atoms with Gasteiger partial charge in [-0.05, 0) is 87.3 Å². The molecule has 1 amide bonds. The number of rotatable bonds is 10. The zero-order chi connectivity index (χ0) is 29.4. The lowest BCUT2D eigenvalue weighted by Gasteiger charge is -2.34. The van der Waals surface area contributed by atoms with Gasteiger partial charge in [0, 0.05) is 73.6 Å². The highest BCUT2D eigenvalue weighted by Gasteiger charge is 2.41. The number of hydrogen-bond acceptors (Lipinski definition) is 6. The zero-order valence-corrected chi connectivity index (χ0v) is 25.2. The van der Waals surface area contributed by atoms with Crippen LogP contribution in [0, 0.1) is 6.92 Å². The van der Waals surface area contributed by atoms with Crippen molar-refractivity contribution in [1.29, 1.82) is 0 Å². The highest BCUT2D eigenvalue weighted by Crippen LogP contribution is 2.35. The lowest BCUT2D eigenvalue weighted by Crippen LogP contribution is -2.44. The van der Waals surface area contributed by atoms with E-state index in [-0.39, 0.29) is 11.9 Å². The van der Waals surface area contributed by atoms with Gasteiger partial charge in [-0.15, -0.1) is 0 Å². The van der Waals surface area contributed by atoms with Crippen LogP contribution >= 0.6 is 0 Å². The minimum Gasteiger partial charge on any atom is -0.383 e. The van der Waals surface area contributed by atoms with Gasteiger partial charge in [-0.2, -0.15) is 10.2 Å². The van der Waals surface area contributed by atoms with Gasteiger partial charge in [-0.1, -0.05) is 6.07 Å². The number of piperazine rings is 1. The monoisotopic (exact) mass is 567 g/mol. The van der Waals surface area contributed by atoms with Crippen molar-refractivity contribution in [2.24, 2.45) is 0 Å². The second-order valence-corrected chi connectivity index (χ2v) is 11.7. The van der Waals surface area contributed by atoms with E-state index in [1.165, 1.54) is 6.42 Å². The average Bonchev–Trinajstić information content (AvgIpc) is 3.80. The summed E-state index contributed by atoms with van der Waals surface area (Å²) in [6, 6.07) is 15.7. The minimum atomic E-state index is -0.215. The van der Waals surface area contributed by atoms with Crippen LogP contribution in [0.2, 0.25) is 0 Å². The van der Waals surface area contributed by atoms with Crippen LogP contribution in [0.4, 0.5) is 5.69 Å². The summed E-state index contributed by atoms with van der Waals surface area (Å²) in [4.78, 5) is 18.6. The third-order valence-electron chi connectivity index (χ3n) is 8.87. The molecule has 0 radical (unpaired) electrons. The van der Waals surface area contributed by atoms with Gasteiger partial charge in [0.05, 0.1) is 31.1 Å². The van der Waals surface area contributed by atoms with Gasteiger partial charge in [0.2, 0.25) is 0 Å². The Balaban J connectivity index is 1.27. The van der Waals surface area contributed by atoms with Gasteiger partial charge in [0.15, 0.2) is 0 Å². The van der Waals surface area contributed by atoms with Crippen molar-refractivity contribution in [1.82, 2.24) is 29.8 Å². The summed E-state index contributed by atoms with van der Waals surface area (Å²) in [5.74, 6) is -0.0575. The van der Waals surface area contributed by atoms with Crippen molar-refractivity contribution >= 4 is 11.6 Å². The van der Waals surface area contributed by atoms with E-state index in [2.05, 4.69) is 70.6 Å². The number of methoxy groups -OCH3 is 1. The fourth-order valence-electron chi connectivity index (χ4n) is 6.30. The zero-order valence-electron chi connectivity index (χ0n) is 25.2. The molecule has 220 valence electrons. The second kappa shape index (κ2) is 11.7. The number of likely N-dealkylation sites (N-methyl/N-ethyl adjacent to an activating group) is 1. The van der Waals surface area contributed by atoms with Gasteiger partial charge < -0.3 is 15.0 Å². The molecule has 42 heavy (non-hydrogen) atoms. The Labute approximate surface area is 248 Å². The SMILES string of the molecule is CCn1ccc(-c2cc(-c3cnn(CCOC)c3)cc([C@@H](C)NC(=O)c3cc(N4C[C@H]5C[C@@H]4CN5C)ccc3C)c2)n1. The van der Waals surface area contributed by atoms with E-state index in [0.717, 1.165) is 64.4 Å². The highest BCUT2D eigenvalue weighted by atomic mass is 16.5. The van der Waals surface area contributed by atoms with Crippen molar-refractivity contribution in [3.63, 3.8) is 0 Å². The van der Waals surface area contributed by atoms with E-state index in [4.69, 9.17) is 9.84 Å². The largest absolute Gasteiger partial charge is 0.383 e. The molecule has 2 aromatic heterocycles. The first-order chi connectivity index (χ1) is 20.3. The number of aromatic nitrogens is 4. The molecule has 4 heterocycles. The van der Waals surface area contributed by atoms with Gasteiger partial charge in [-0.3, -0.25) is 19.1 Å². The fourth-order valence-corrected chi connectivity index (χ4v) is 6.30. The van der Waals surface area contributed by atoms with Crippen LogP contribution in [-0.4, -0.2) is 76.3 Å². The minimum absolute atomic E-state index is 0.0575. The quantitative estimate of drug-likeness (QED) is 0.297. The molecule has 2 saturated heterocycles. The number of fused-ring (bicyclic) bond motifs is 2. The predicted octanol–water partition coefficient (Wildman–Crippen LogP) is 4.77. The maximum atomic E-state index is 13.7. The molecule has 0 unspecified atom stereocenters. The van der Waals surface area contributed by atoms with Crippen LogP contribution in [0.5, 0.6) is 0 Å². The van der Waals surface area contributed by atoms with E-state index in [0.29, 0.717) is 25.2 Å². The second-order valence-electron chi connectivity index (χ2n) is 11.7. The Kier molecular flexibility index (Phi) is 7.88. The molecule has 2 aliphatic heterocycles. The lowest BCUT2D eigenvalue weighted by atomic mass is 9.96. The average molecular weight is 568 g/mol. The van der Waals surface area contributed by atoms with Crippen molar-refractivity contribution in [2.75, 3.05) is 38.8 Å². The number of likely N-dealkylation sites (tertiary alicyclic amines) is 1. The van der Waals surface area contributed by atoms with E-state index in [9.17, 15) is 4.79 Å². The Bertz CT molecular complexity index is 1570. The number of carbonyl (C=O) groups is 1.